The molecule has 1 rings (SSSR count). The zero-order valence-electron chi connectivity index (χ0n) is 12.7. The summed E-state index contributed by atoms with van der Waals surface area (Å²) in [5.41, 5.74) is 0.549. The Balaban J connectivity index is 2.77. The molecule has 120 valence electrons. The highest BCUT2D eigenvalue weighted by atomic mass is 16.6. The normalized spacial score (nSPS) is 9.52. The quantitative estimate of drug-likeness (QED) is 0.533. The summed E-state index contributed by atoms with van der Waals surface area (Å²) in [7, 11) is 0. The number of hydrogen-bond donors (Lipinski definition) is 0. The smallest absolute Gasteiger partial charge is 0.310 e. The highest BCUT2D eigenvalue weighted by molar-refractivity contribution is 5.78. The van der Waals surface area contributed by atoms with Crippen LogP contribution in [0.15, 0.2) is 18.2 Å². The molecule has 23 heavy (non-hydrogen) atoms. The lowest BCUT2D eigenvalue weighted by Gasteiger charge is -2.20. The Hall–Kier alpha value is -3.13. The van der Waals surface area contributed by atoms with E-state index in [1.54, 1.807) is 13.0 Å². The van der Waals surface area contributed by atoms with Gasteiger partial charge in [-0.1, -0.05) is 6.07 Å². The van der Waals surface area contributed by atoms with Crippen molar-refractivity contribution in [2.75, 3.05) is 19.7 Å². The molecule has 0 fully saturated rings. The topological polar surface area (TPSA) is 120 Å². The van der Waals surface area contributed by atoms with Crippen LogP contribution in [0.1, 0.15) is 18.4 Å². The van der Waals surface area contributed by atoms with Gasteiger partial charge in [-0.25, -0.2) is 0 Å². The van der Waals surface area contributed by atoms with Crippen LogP contribution in [-0.4, -0.2) is 35.4 Å². The lowest BCUT2D eigenvalue weighted by atomic mass is 10.2. The van der Waals surface area contributed by atoms with Crippen LogP contribution in [0.4, 0.5) is 5.69 Å². The second-order valence-corrected chi connectivity index (χ2v) is 4.71. The number of rotatable bonds is 8. The van der Waals surface area contributed by atoms with Gasteiger partial charge in [0.2, 0.25) is 0 Å². The zero-order valence-corrected chi connectivity index (χ0v) is 12.7. The molecular formula is C15H16N4O4. The summed E-state index contributed by atoms with van der Waals surface area (Å²) < 4.78 is 5.28. The number of nitrogens with zero attached hydrogens (tertiary/aromatic N) is 4. The number of carbonyl (C=O) groups excluding carboxylic acids is 1. The summed E-state index contributed by atoms with van der Waals surface area (Å²) in [6, 6.07) is 8.24. The first-order valence-corrected chi connectivity index (χ1v) is 6.89. The van der Waals surface area contributed by atoms with E-state index in [9.17, 15) is 14.9 Å². The average molecular weight is 316 g/mol. The van der Waals surface area contributed by atoms with Gasteiger partial charge in [-0.05, 0) is 18.6 Å². The molecule has 1 amide bonds. The second kappa shape index (κ2) is 9.00. The van der Waals surface area contributed by atoms with Gasteiger partial charge >= 0.3 is 5.69 Å². The molecule has 0 saturated heterocycles. The largest absolute Gasteiger partial charge is 0.477 e. The Bertz CT molecular complexity index is 642. The number of nitro benzene ring substituents is 1. The van der Waals surface area contributed by atoms with Crippen LogP contribution in [0.3, 0.4) is 0 Å². The number of nitro groups is 1. The van der Waals surface area contributed by atoms with E-state index in [2.05, 4.69) is 0 Å². The highest BCUT2D eigenvalue weighted by Crippen LogP contribution is 2.27. The number of amides is 1. The predicted molar refractivity (Wildman–Crippen MR) is 80.4 cm³/mol. The number of ether oxygens (including phenoxy) is 1. The molecule has 8 heteroatoms. The molecule has 0 aliphatic carbocycles. The third-order valence-electron chi connectivity index (χ3n) is 3.00. The maximum atomic E-state index is 12.1. The summed E-state index contributed by atoms with van der Waals surface area (Å²) in [6.45, 7) is 1.75. The van der Waals surface area contributed by atoms with E-state index in [0.29, 0.717) is 0 Å². The number of carbonyl (C=O) groups is 1. The summed E-state index contributed by atoms with van der Waals surface area (Å²) in [5, 5.41) is 28.2. The van der Waals surface area contributed by atoms with E-state index in [1.165, 1.54) is 17.0 Å². The van der Waals surface area contributed by atoms with Crippen molar-refractivity contribution in [2.45, 2.75) is 19.8 Å². The van der Waals surface area contributed by atoms with Crippen molar-refractivity contribution in [1.29, 1.82) is 10.5 Å². The van der Waals surface area contributed by atoms with E-state index in [0.717, 1.165) is 5.56 Å². The first-order chi connectivity index (χ1) is 11.0. The molecular weight excluding hydrogens is 300 g/mol. The van der Waals surface area contributed by atoms with Crippen LogP contribution in [-0.2, 0) is 4.79 Å². The van der Waals surface area contributed by atoms with Crippen LogP contribution < -0.4 is 4.74 Å². The molecule has 0 N–H and O–H groups in total. The monoisotopic (exact) mass is 316 g/mol. The molecule has 0 aromatic heterocycles. The fraction of sp³-hybridized carbons (Fsp3) is 0.400. The van der Waals surface area contributed by atoms with Gasteiger partial charge in [0, 0.05) is 19.2 Å². The number of hydrogen-bond acceptors (Lipinski definition) is 6. The van der Waals surface area contributed by atoms with E-state index in [1.807, 2.05) is 12.1 Å². The molecule has 0 heterocycles. The second-order valence-electron chi connectivity index (χ2n) is 4.71. The van der Waals surface area contributed by atoms with Crippen molar-refractivity contribution in [3.63, 3.8) is 0 Å². The maximum absolute atomic E-state index is 12.1. The van der Waals surface area contributed by atoms with Crippen molar-refractivity contribution in [2.24, 2.45) is 0 Å². The van der Waals surface area contributed by atoms with Crippen LogP contribution in [0.5, 0.6) is 5.75 Å². The number of aryl methyl sites for hydroxylation is 1. The first-order valence-electron chi connectivity index (χ1n) is 6.89. The van der Waals surface area contributed by atoms with Crippen LogP contribution in [0, 0.1) is 39.7 Å². The third kappa shape index (κ3) is 5.64. The average Bonchev–Trinajstić information content (AvgIpc) is 2.52. The molecule has 0 saturated carbocycles. The Morgan fingerprint density at radius 3 is 2.43 bits per heavy atom. The van der Waals surface area contributed by atoms with Gasteiger partial charge < -0.3 is 9.64 Å². The van der Waals surface area contributed by atoms with Crippen LogP contribution >= 0.6 is 0 Å². The van der Waals surface area contributed by atoms with E-state index < -0.39 is 10.8 Å². The molecule has 0 bridgehead atoms. The van der Waals surface area contributed by atoms with Crippen molar-refractivity contribution in [3.05, 3.63) is 33.9 Å². The van der Waals surface area contributed by atoms with Gasteiger partial charge in [0.25, 0.3) is 5.91 Å². The standard InChI is InChI=1S/C15H16N4O4/c1-12-4-5-13(19(21)22)14(10-12)23-11-15(20)18(8-2-6-16)9-3-7-17/h4-5,10H,2-3,8-9,11H2,1H3. The van der Waals surface area contributed by atoms with Crippen LogP contribution in [0.25, 0.3) is 0 Å². The first kappa shape index (κ1) is 17.9. The molecule has 0 unspecified atom stereocenters. The predicted octanol–water partition coefficient (Wildman–Crippen LogP) is 1.94. The summed E-state index contributed by atoms with van der Waals surface area (Å²) >= 11 is 0. The Labute approximate surface area is 133 Å². The molecule has 1 aromatic carbocycles. The number of benzene rings is 1. The van der Waals surface area contributed by atoms with Crippen molar-refractivity contribution < 1.29 is 14.5 Å². The third-order valence-corrected chi connectivity index (χ3v) is 3.00. The SMILES string of the molecule is Cc1ccc([N+](=O)[O-])c(OCC(=O)N(CCC#N)CCC#N)c1. The molecule has 0 aliphatic heterocycles. The molecule has 0 radical (unpaired) electrons. The minimum Gasteiger partial charge on any atom is -0.477 e. The highest BCUT2D eigenvalue weighted by Gasteiger charge is 2.18. The summed E-state index contributed by atoms with van der Waals surface area (Å²) in [5.74, 6) is -0.407. The molecule has 8 nitrogen and oxygen atoms in total. The molecule has 1 aromatic rings. The Kier molecular flexibility index (Phi) is 7.02. The fourth-order valence-corrected chi connectivity index (χ4v) is 1.85. The molecule has 0 spiro atoms. The van der Waals surface area contributed by atoms with E-state index in [4.69, 9.17) is 15.3 Å². The van der Waals surface area contributed by atoms with E-state index >= 15 is 0 Å². The summed E-state index contributed by atoms with van der Waals surface area (Å²) in [4.78, 5) is 23.8. The Morgan fingerprint density at radius 2 is 1.91 bits per heavy atom. The lowest BCUT2D eigenvalue weighted by molar-refractivity contribution is -0.385. The Morgan fingerprint density at radius 1 is 1.30 bits per heavy atom. The molecule has 0 aliphatic rings. The zero-order chi connectivity index (χ0) is 17.2. The fourth-order valence-electron chi connectivity index (χ4n) is 1.85. The van der Waals surface area contributed by atoms with Gasteiger partial charge in [0.1, 0.15) is 0 Å². The van der Waals surface area contributed by atoms with Gasteiger partial charge in [-0.2, -0.15) is 10.5 Å². The van der Waals surface area contributed by atoms with Gasteiger partial charge in [0.15, 0.2) is 12.4 Å². The van der Waals surface area contributed by atoms with Gasteiger partial charge in [0.05, 0.1) is 29.9 Å². The lowest BCUT2D eigenvalue weighted by Crippen LogP contribution is -2.36. The van der Waals surface area contributed by atoms with Crippen LogP contribution in [0.2, 0.25) is 0 Å². The van der Waals surface area contributed by atoms with Crippen molar-refractivity contribution >= 4 is 11.6 Å². The van der Waals surface area contributed by atoms with Crippen molar-refractivity contribution in [3.8, 4) is 17.9 Å². The van der Waals surface area contributed by atoms with Crippen molar-refractivity contribution in [1.82, 2.24) is 4.90 Å². The molecule has 0 atom stereocenters. The summed E-state index contributed by atoms with van der Waals surface area (Å²) in [6.07, 6.45) is 0.281. The van der Waals surface area contributed by atoms with E-state index in [-0.39, 0.29) is 44.0 Å². The number of nitriles is 2. The van der Waals surface area contributed by atoms with Gasteiger partial charge in [-0.15, -0.1) is 0 Å². The maximum Gasteiger partial charge on any atom is 0.310 e. The minimum absolute atomic E-state index is 0.0175. The minimum atomic E-state index is -0.581. The van der Waals surface area contributed by atoms with Gasteiger partial charge in [-0.3, -0.25) is 14.9 Å².